The smallest absolute Gasteiger partial charge is 0.306 e. The van der Waals surface area contributed by atoms with Gasteiger partial charge < -0.3 is 10.1 Å². The average Bonchev–Trinajstić information content (AvgIpc) is 2.52. The lowest BCUT2D eigenvalue weighted by Gasteiger charge is -2.13. The van der Waals surface area contributed by atoms with E-state index < -0.39 is 6.10 Å². The number of hydrogen-bond acceptors (Lipinski definition) is 4. The van der Waals surface area contributed by atoms with Gasteiger partial charge in [-0.1, -0.05) is 27.7 Å². The van der Waals surface area contributed by atoms with Crippen molar-refractivity contribution >= 4 is 23.3 Å². The Morgan fingerprint density at radius 3 is 2.08 bits per heavy atom. The predicted molar refractivity (Wildman–Crippen MR) is 93.9 cm³/mol. The van der Waals surface area contributed by atoms with Crippen molar-refractivity contribution in [3.8, 4) is 0 Å². The van der Waals surface area contributed by atoms with Crippen molar-refractivity contribution in [2.24, 2.45) is 11.8 Å². The molecule has 0 saturated carbocycles. The van der Waals surface area contributed by atoms with Crippen LogP contribution in [0.3, 0.4) is 0 Å². The molecule has 0 bridgehead atoms. The van der Waals surface area contributed by atoms with E-state index in [-0.39, 0.29) is 23.6 Å². The van der Waals surface area contributed by atoms with Gasteiger partial charge in [0.05, 0.1) is 0 Å². The highest BCUT2D eigenvalue weighted by Gasteiger charge is 2.19. The van der Waals surface area contributed by atoms with Gasteiger partial charge in [-0.05, 0) is 43.5 Å². The van der Waals surface area contributed by atoms with E-state index in [2.05, 4.69) is 5.32 Å². The molecular weight excluding hydrogens is 306 g/mol. The molecule has 0 aliphatic heterocycles. The fourth-order valence-electron chi connectivity index (χ4n) is 1.96. The van der Waals surface area contributed by atoms with Crippen molar-refractivity contribution in [1.82, 2.24) is 0 Å². The average molecular weight is 333 g/mol. The number of hydrogen-bond donors (Lipinski definition) is 1. The van der Waals surface area contributed by atoms with Crippen LogP contribution < -0.4 is 5.32 Å². The highest BCUT2D eigenvalue weighted by Crippen LogP contribution is 2.14. The topological polar surface area (TPSA) is 72.5 Å². The van der Waals surface area contributed by atoms with Crippen LogP contribution >= 0.6 is 0 Å². The van der Waals surface area contributed by atoms with Gasteiger partial charge in [0.2, 0.25) is 11.7 Å². The zero-order valence-electron chi connectivity index (χ0n) is 15.1. The molecule has 1 N–H and O–H groups in total. The molecular formula is C19H27NO4. The largest absolute Gasteiger partial charge is 0.454 e. The van der Waals surface area contributed by atoms with Crippen LogP contribution in [0.1, 0.15) is 57.8 Å². The van der Waals surface area contributed by atoms with Crippen LogP contribution in [0.5, 0.6) is 0 Å². The number of anilines is 1. The Morgan fingerprint density at radius 2 is 1.58 bits per heavy atom. The van der Waals surface area contributed by atoms with Crippen LogP contribution in [-0.4, -0.2) is 23.8 Å². The number of ether oxygens (including phenoxy) is 1. The zero-order chi connectivity index (χ0) is 18.3. The Kier molecular flexibility index (Phi) is 7.62. The maximum absolute atomic E-state index is 12.3. The molecule has 1 amide bonds. The number of esters is 1. The monoisotopic (exact) mass is 333 g/mol. The lowest BCUT2D eigenvalue weighted by atomic mass is 10.1. The maximum Gasteiger partial charge on any atom is 0.306 e. The van der Waals surface area contributed by atoms with Crippen LogP contribution in [-0.2, 0) is 14.3 Å². The van der Waals surface area contributed by atoms with Crippen molar-refractivity contribution < 1.29 is 19.1 Å². The predicted octanol–water partition coefficient (Wildman–Crippen LogP) is 3.83. The molecule has 1 rings (SSSR count). The minimum Gasteiger partial charge on any atom is -0.454 e. The highest BCUT2D eigenvalue weighted by atomic mass is 16.5. The van der Waals surface area contributed by atoms with Gasteiger partial charge in [0, 0.05) is 23.6 Å². The summed E-state index contributed by atoms with van der Waals surface area (Å²) in [6, 6.07) is 6.58. The molecule has 0 aliphatic carbocycles. The molecule has 0 saturated heterocycles. The van der Waals surface area contributed by atoms with Crippen molar-refractivity contribution in [3.63, 3.8) is 0 Å². The maximum atomic E-state index is 12.3. The van der Waals surface area contributed by atoms with Gasteiger partial charge in [0.15, 0.2) is 6.10 Å². The summed E-state index contributed by atoms with van der Waals surface area (Å²) in [5.41, 5.74) is 1.08. The van der Waals surface area contributed by atoms with Crippen molar-refractivity contribution in [1.29, 1.82) is 0 Å². The van der Waals surface area contributed by atoms with E-state index in [1.54, 1.807) is 31.2 Å². The molecule has 0 heterocycles. The summed E-state index contributed by atoms with van der Waals surface area (Å²) in [5, 5.41) is 2.76. The van der Waals surface area contributed by atoms with Gasteiger partial charge in [-0.2, -0.15) is 0 Å². The van der Waals surface area contributed by atoms with E-state index in [4.69, 9.17) is 4.74 Å². The van der Waals surface area contributed by atoms with E-state index in [0.717, 1.165) is 6.42 Å². The van der Waals surface area contributed by atoms with E-state index in [9.17, 15) is 14.4 Å². The number of benzene rings is 1. The Morgan fingerprint density at radius 1 is 1.00 bits per heavy atom. The fourth-order valence-corrected chi connectivity index (χ4v) is 1.96. The second kappa shape index (κ2) is 9.21. The molecule has 0 fully saturated rings. The lowest BCUT2D eigenvalue weighted by Crippen LogP contribution is -2.24. The number of amides is 1. The summed E-state index contributed by atoms with van der Waals surface area (Å²) < 4.78 is 5.19. The third kappa shape index (κ3) is 6.52. The van der Waals surface area contributed by atoms with Crippen molar-refractivity contribution in [2.75, 3.05) is 5.32 Å². The van der Waals surface area contributed by atoms with Crippen LogP contribution in [0.4, 0.5) is 5.69 Å². The number of nitrogens with one attached hydrogen (secondary N) is 1. The first kappa shape index (κ1) is 19.9. The van der Waals surface area contributed by atoms with E-state index in [0.29, 0.717) is 23.6 Å². The molecule has 1 atom stereocenters. The number of ketones is 1. The molecule has 1 aromatic carbocycles. The third-order valence-electron chi connectivity index (χ3n) is 3.56. The fraction of sp³-hybridized carbons (Fsp3) is 0.526. The second-order valence-electron chi connectivity index (χ2n) is 6.65. The van der Waals surface area contributed by atoms with E-state index >= 15 is 0 Å². The van der Waals surface area contributed by atoms with Crippen LogP contribution in [0.15, 0.2) is 24.3 Å². The molecule has 0 aromatic heterocycles. The third-order valence-corrected chi connectivity index (χ3v) is 3.56. The summed E-state index contributed by atoms with van der Waals surface area (Å²) in [6.07, 6.45) is 0.236. The zero-order valence-corrected chi connectivity index (χ0v) is 15.1. The van der Waals surface area contributed by atoms with Crippen LogP contribution in [0, 0.1) is 11.8 Å². The Balaban J connectivity index is 2.61. The minimum absolute atomic E-state index is 0.0819. The molecule has 0 radical (unpaired) electrons. The summed E-state index contributed by atoms with van der Waals surface area (Å²) in [6.45, 7) is 9.25. The molecule has 5 nitrogen and oxygen atoms in total. The number of Topliss-reactive ketones (excluding diaryl/α,β-unsaturated/α-hetero) is 1. The molecule has 1 aromatic rings. The standard InChI is InChI=1S/C19H27NO4/c1-12(2)6-11-17(21)24-14(5)18(22)15-7-9-16(10-8-15)20-19(23)13(3)4/h7-10,12-14H,6,11H2,1-5H3,(H,20,23)/t14-/m1/s1. The van der Waals surface area contributed by atoms with Gasteiger partial charge in [-0.15, -0.1) is 0 Å². The van der Waals surface area contributed by atoms with Gasteiger partial charge in [0.25, 0.3) is 0 Å². The number of carbonyl (C=O) groups is 3. The normalized spacial score (nSPS) is 12.1. The van der Waals surface area contributed by atoms with E-state index in [1.165, 1.54) is 0 Å². The molecule has 0 aliphatic rings. The van der Waals surface area contributed by atoms with Gasteiger partial charge in [0.1, 0.15) is 0 Å². The van der Waals surface area contributed by atoms with E-state index in [1.807, 2.05) is 27.7 Å². The Labute approximate surface area is 143 Å². The summed E-state index contributed by atoms with van der Waals surface area (Å²) in [5.74, 6) is -0.393. The molecule has 24 heavy (non-hydrogen) atoms. The number of carbonyl (C=O) groups excluding carboxylic acids is 3. The minimum atomic E-state index is -0.819. The Bertz CT molecular complexity index is 576. The van der Waals surface area contributed by atoms with Gasteiger partial charge in [-0.3, -0.25) is 14.4 Å². The molecule has 132 valence electrons. The highest BCUT2D eigenvalue weighted by molar-refractivity contribution is 6.00. The summed E-state index contributed by atoms with van der Waals surface area (Å²) in [4.78, 5) is 35.6. The first-order valence-corrected chi connectivity index (χ1v) is 8.35. The first-order chi connectivity index (χ1) is 11.2. The lowest BCUT2D eigenvalue weighted by molar-refractivity contribution is -0.146. The van der Waals surface area contributed by atoms with Crippen LogP contribution in [0.2, 0.25) is 0 Å². The number of rotatable bonds is 8. The molecule has 0 unspecified atom stereocenters. The second-order valence-corrected chi connectivity index (χ2v) is 6.65. The van der Waals surface area contributed by atoms with Crippen LogP contribution in [0.25, 0.3) is 0 Å². The van der Waals surface area contributed by atoms with Gasteiger partial charge >= 0.3 is 5.97 Å². The first-order valence-electron chi connectivity index (χ1n) is 8.35. The Hall–Kier alpha value is -2.17. The molecule has 5 heteroatoms. The van der Waals surface area contributed by atoms with Gasteiger partial charge in [-0.25, -0.2) is 0 Å². The van der Waals surface area contributed by atoms with Crippen molar-refractivity contribution in [3.05, 3.63) is 29.8 Å². The van der Waals surface area contributed by atoms with Crippen molar-refractivity contribution in [2.45, 2.75) is 53.6 Å². The molecule has 0 spiro atoms. The summed E-state index contributed by atoms with van der Waals surface area (Å²) in [7, 11) is 0. The SMILES string of the molecule is CC(C)CCC(=O)O[C@H](C)C(=O)c1ccc(NC(=O)C(C)C)cc1. The quantitative estimate of drug-likeness (QED) is 0.579. The summed E-state index contributed by atoms with van der Waals surface area (Å²) >= 11 is 0.